The van der Waals surface area contributed by atoms with Gasteiger partial charge in [-0.15, -0.1) is 11.6 Å². The molecule has 1 fully saturated rings. The molecule has 1 aromatic carbocycles. The lowest BCUT2D eigenvalue weighted by molar-refractivity contribution is 0.0863. The third-order valence-corrected chi connectivity index (χ3v) is 5.02. The summed E-state index contributed by atoms with van der Waals surface area (Å²) in [7, 11) is 3.30. The standard InChI is InChI=1S/C15H20BrClO3/c1-4-12-9(5-6-20-12)15(17)10-7-14(19-3)11(16)8-13(10)18-2/h7-9,12,15H,4-6H2,1-3H3. The molecule has 3 unspecified atom stereocenters. The minimum absolute atomic E-state index is 0.139. The maximum atomic E-state index is 6.72. The molecule has 0 radical (unpaired) electrons. The molecule has 1 aromatic rings. The molecular weight excluding hydrogens is 344 g/mol. The highest BCUT2D eigenvalue weighted by atomic mass is 79.9. The van der Waals surface area contributed by atoms with E-state index in [1.807, 2.05) is 12.1 Å². The average molecular weight is 364 g/mol. The van der Waals surface area contributed by atoms with E-state index in [2.05, 4.69) is 22.9 Å². The fourth-order valence-corrected chi connectivity index (χ4v) is 3.69. The zero-order valence-electron chi connectivity index (χ0n) is 12.0. The molecule has 5 heteroatoms. The van der Waals surface area contributed by atoms with Crippen LogP contribution in [0.25, 0.3) is 0 Å². The van der Waals surface area contributed by atoms with Crippen molar-refractivity contribution < 1.29 is 14.2 Å². The molecule has 1 heterocycles. The van der Waals surface area contributed by atoms with Crippen LogP contribution in [-0.4, -0.2) is 26.9 Å². The number of alkyl halides is 1. The predicted molar refractivity (Wildman–Crippen MR) is 84.0 cm³/mol. The molecule has 0 amide bonds. The van der Waals surface area contributed by atoms with Crippen molar-refractivity contribution in [3.63, 3.8) is 0 Å². The van der Waals surface area contributed by atoms with Crippen molar-refractivity contribution in [3.05, 3.63) is 22.2 Å². The van der Waals surface area contributed by atoms with E-state index in [0.717, 1.165) is 41.0 Å². The lowest BCUT2D eigenvalue weighted by Gasteiger charge is -2.24. The van der Waals surface area contributed by atoms with Crippen LogP contribution < -0.4 is 9.47 Å². The first-order chi connectivity index (χ1) is 9.62. The largest absolute Gasteiger partial charge is 0.496 e. The summed E-state index contributed by atoms with van der Waals surface area (Å²) in [5, 5.41) is -0.139. The predicted octanol–water partition coefficient (Wildman–Crippen LogP) is 4.56. The van der Waals surface area contributed by atoms with Gasteiger partial charge in [0, 0.05) is 18.1 Å². The van der Waals surface area contributed by atoms with E-state index in [0.29, 0.717) is 5.92 Å². The second kappa shape index (κ2) is 7.01. The molecule has 2 rings (SSSR count). The Morgan fingerprint density at radius 3 is 2.65 bits per heavy atom. The minimum Gasteiger partial charge on any atom is -0.496 e. The molecule has 3 nitrogen and oxygen atoms in total. The highest BCUT2D eigenvalue weighted by Crippen LogP contribution is 2.45. The maximum absolute atomic E-state index is 6.72. The third-order valence-electron chi connectivity index (χ3n) is 3.84. The van der Waals surface area contributed by atoms with E-state index in [9.17, 15) is 0 Å². The molecule has 1 saturated heterocycles. The smallest absolute Gasteiger partial charge is 0.133 e. The maximum Gasteiger partial charge on any atom is 0.133 e. The van der Waals surface area contributed by atoms with Gasteiger partial charge < -0.3 is 14.2 Å². The van der Waals surface area contributed by atoms with E-state index in [1.165, 1.54) is 0 Å². The van der Waals surface area contributed by atoms with Gasteiger partial charge >= 0.3 is 0 Å². The molecule has 1 aliphatic rings. The van der Waals surface area contributed by atoms with Crippen LogP contribution in [0.1, 0.15) is 30.7 Å². The van der Waals surface area contributed by atoms with Crippen molar-refractivity contribution in [1.29, 1.82) is 0 Å². The highest BCUT2D eigenvalue weighted by molar-refractivity contribution is 9.10. The van der Waals surface area contributed by atoms with Gasteiger partial charge in [0.1, 0.15) is 11.5 Å². The van der Waals surface area contributed by atoms with Crippen LogP contribution in [0.4, 0.5) is 0 Å². The Kier molecular flexibility index (Phi) is 5.58. The number of rotatable bonds is 5. The zero-order valence-corrected chi connectivity index (χ0v) is 14.3. The quantitative estimate of drug-likeness (QED) is 0.718. The van der Waals surface area contributed by atoms with E-state index in [-0.39, 0.29) is 11.5 Å². The number of methoxy groups -OCH3 is 2. The fraction of sp³-hybridized carbons (Fsp3) is 0.600. The molecule has 112 valence electrons. The van der Waals surface area contributed by atoms with E-state index in [4.69, 9.17) is 25.8 Å². The Morgan fingerprint density at radius 1 is 1.35 bits per heavy atom. The SMILES string of the molecule is CCC1OCCC1C(Cl)c1cc(OC)c(Br)cc1OC. The Hall–Kier alpha value is -0.450. The van der Waals surface area contributed by atoms with Gasteiger partial charge in [0.25, 0.3) is 0 Å². The molecule has 1 aliphatic heterocycles. The van der Waals surface area contributed by atoms with Gasteiger partial charge in [0.15, 0.2) is 0 Å². The fourth-order valence-electron chi connectivity index (χ4n) is 2.75. The van der Waals surface area contributed by atoms with Crippen molar-refractivity contribution in [2.75, 3.05) is 20.8 Å². The number of ether oxygens (including phenoxy) is 3. The van der Waals surface area contributed by atoms with Crippen molar-refractivity contribution in [2.24, 2.45) is 5.92 Å². The summed E-state index contributed by atoms with van der Waals surface area (Å²) in [5.74, 6) is 1.85. The second-order valence-electron chi connectivity index (χ2n) is 4.90. The summed E-state index contributed by atoms with van der Waals surface area (Å²) >= 11 is 10.2. The van der Waals surface area contributed by atoms with Crippen LogP contribution >= 0.6 is 27.5 Å². The summed E-state index contributed by atoms with van der Waals surface area (Å²) in [4.78, 5) is 0. The first-order valence-electron chi connectivity index (χ1n) is 6.79. The van der Waals surface area contributed by atoms with Crippen LogP contribution in [0.5, 0.6) is 11.5 Å². The summed E-state index contributed by atoms with van der Waals surface area (Å²) in [6, 6.07) is 3.85. The van der Waals surface area contributed by atoms with Crippen molar-refractivity contribution in [1.82, 2.24) is 0 Å². The molecule has 0 N–H and O–H groups in total. The summed E-state index contributed by atoms with van der Waals surface area (Å²) < 4.78 is 17.4. The Morgan fingerprint density at radius 2 is 2.05 bits per heavy atom. The van der Waals surface area contributed by atoms with Crippen molar-refractivity contribution >= 4 is 27.5 Å². The van der Waals surface area contributed by atoms with Crippen LogP contribution in [0.2, 0.25) is 0 Å². The Balaban J connectivity index is 2.35. The van der Waals surface area contributed by atoms with Gasteiger partial charge in [0.05, 0.1) is 30.2 Å². The van der Waals surface area contributed by atoms with E-state index >= 15 is 0 Å². The first-order valence-corrected chi connectivity index (χ1v) is 8.02. The average Bonchev–Trinajstić information content (AvgIpc) is 2.94. The van der Waals surface area contributed by atoms with Crippen molar-refractivity contribution in [2.45, 2.75) is 31.2 Å². The lowest BCUT2D eigenvalue weighted by atomic mass is 9.91. The summed E-state index contributed by atoms with van der Waals surface area (Å²) in [6.45, 7) is 2.91. The number of halogens is 2. The lowest BCUT2D eigenvalue weighted by Crippen LogP contribution is -2.19. The molecule has 0 aliphatic carbocycles. The Bertz CT molecular complexity index is 467. The molecule has 3 atom stereocenters. The molecule has 0 aromatic heterocycles. The van der Waals surface area contributed by atoms with Gasteiger partial charge in [-0.05, 0) is 40.9 Å². The van der Waals surface area contributed by atoms with Crippen LogP contribution in [0.3, 0.4) is 0 Å². The molecule has 20 heavy (non-hydrogen) atoms. The van der Waals surface area contributed by atoms with Crippen molar-refractivity contribution in [3.8, 4) is 11.5 Å². The zero-order chi connectivity index (χ0) is 14.7. The van der Waals surface area contributed by atoms with Gasteiger partial charge in [-0.3, -0.25) is 0 Å². The first kappa shape index (κ1) is 15.9. The van der Waals surface area contributed by atoms with E-state index < -0.39 is 0 Å². The van der Waals surface area contributed by atoms with Gasteiger partial charge in [-0.25, -0.2) is 0 Å². The van der Waals surface area contributed by atoms with Crippen LogP contribution in [0.15, 0.2) is 16.6 Å². The second-order valence-corrected chi connectivity index (χ2v) is 6.23. The summed E-state index contributed by atoms with van der Waals surface area (Å²) in [6.07, 6.45) is 2.18. The normalized spacial score (nSPS) is 23.6. The van der Waals surface area contributed by atoms with Gasteiger partial charge in [0.2, 0.25) is 0 Å². The van der Waals surface area contributed by atoms with Gasteiger partial charge in [-0.2, -0.15) is 0 Å². The molecular formula is C15H20BrClO3. The molecule has 0 spiro atoms. The van der Waals surface area contributed by atoms with Gasteiger partial charge in [-0.1, -0.05) is 6.92 Å². The number of benzene rings is 1. The molecule has 0 bridgehead atoms. The topological polar surface area (TPSA) is 27.7 Å². The monoisotopic (exact) mass is 362 g/mol. The molecule has 0 saturated carbocycles. The van der Waals surface area contributed by atoms with Crippen LogP contribution in [0, 0.1) is 5.92 Å². The highest BCUT2D eigenvalue weighted by Gasteiger charge is 2.35. The summed E-state index contributed by atoms with van der Waals surface area (Å²) in [5.41, 5.74) is 0.961. The number of hydrogen-bond acceptors (Lipinski definition) is 3. The Labute approximate surface area is 133 Å². The minimum atomic E-state index is -0.139. The van der Waals surface area contributed by atoms with Crippen LogP contribution in [-0.2, 0) is 4.74 Å². The number of hydrogen-bond donors (Lipinski definition) is 0. The van der Waals surface area contributed by atoms with E-state index in [1.54, 1.807) is 14.2 Å². The third kappa shape index (κ3) is 3.07.